The largest absolute Gasteiger partial charge is 0.356 e. The lowest BCUT2D eigenvalue weighted by Crippen LogP contribution is -2.42. The number of hydrogen-bond donors (Lipinski definition) is 2. The first kappa shape index (κ1) is 25.6. The van der Waals surface area contributed by atoms with Crippen molar-refractivity contribution in [3.8, 4) is 0 Å². The van der Waals surface area contributed by atoms with Gasteiger partial charge in [-0.25, -0.2) is 0 Å². The highest BCUT2D eigenvalue weighted by Crippen LogP contribution is 2.07. The van der Waals surface area contributed by atoms with Gasteiger partial charge in [-0.2, -0.15) is 0 Å². The summed E-state index contributed by atoms with van der Waals surface area (Å²) in [7, 11) is 7.47. The fourth-order valence-electron chi connectivity index (χ4n) is 2.55. The zero-order valence-electron chi connectivity index (χ0n) is 17.6. The Hall–Kier alpha value is -1.35. The maximum Gasteiger partial charge on any atom is 0.253 e. The van der Waals surface area contributed by atoms with Crippen molar-refractivity contribution in [2.45, 2.75) is 32.7 Å². The van der Waals surface area contributed by atoms with Gasteiger partial charge in [0.25, 0.3) is 5.91 Å². The van der Waals surface area contributed by atoms with E-state index in [1.165, 1.54) is 0 Å². The highest BCUT2D eigenvalue weighted by atomic mass is 127. The summed E-state index contributed by atoms with van der Waals surface area (Å²) in [6.07, 6.45) is 1.99. The molecule has 27 heavy (non-hydrogen) atoms. The molecule has 0 heterocycles. The van der Waals surface area contributed by atoms with Gasteiger partial charge in [0.05, 0.1) is 0 Å². The van der Waals surface area contributed by atoms with Crippen LogP contribution in [0.5, 0.6) is 0 Å². The molecule has 7 heteroatoms. The molecule has 1 rings (SSSR count). The third-order valence-electron chi connectivity index (χ3n) is 4.61. The van der Waals surface area contributed by atoms with Crippen LogP contribution in [-0.4, -0.2) is 75.5 Å². The van der Waals surface area contributed by atoms with E-state index in [-0.39, 0.29) is 29.9 Å². The highest BCUT2D eigenvalue weighted by molar-refractivity contribution is 14.0. The van der Waals surface area contributed by atoms with E-state index in [9.17, 15) is 4.79 Å². The average molecular weight is 489 g/mol. The van der Waals surface area contributed by atoms with Crippen molar-refractivity contribution < 1.29 is 4.79 Å². The maximum absolute atomic E-state index is 12.0. The summed E-state index contributed by atoms with van der Waals surface area (Å²) in [6, 6.07) is 8.38. The Morgan fingerprint density at radius 1 is 1.19 bits per heavy atom. The van der Waals surface area contributed by atoms with Crippen molar-refractivity contribution in [1.82, 2.24) is 20.4 Å². The number of guanidine groups is 1. The number of rotatable bonds is 9. The van der Waals surface area contributed by atoms with Crippen LogP contribution in [0.1, 0.15) is 36.2 Å². The lowest BCUT2D eigenvalue weighted by molar-refractivity contribution is 0.0827. The second-order valence-corrected chi connectivity index (χ2v) is 6.81. The fraction of sp³-hybridized carbons (Fsp3) is 0.600. The zero-order valence-corrected chi connectivity index (χ0v) is 19.9. The van der Waals surface area contributed by atoms with E-state index < -0.39 is 0 Å². The molecule has 0 aliphatic rings. The summed E-state index contributed by atoms with van der Waals surface area (Å²) >= 11 is 0. The Balaban J connectivity index is 0.00000676. The molecule has 0 saturated carbocycles. The summed E-state index contributed by atoms with van der Waals surface area (Å²) in [4.78, 5) is 20.2. The average Bonchev–Trinajstić information content (AvgIpc) is 2.65. The predicted octanol–water partition coefficient (Wildman–Crippen LogP) is 2.44. The Morgan fingerprint density at radius 2 is 1.85 bits per heavy atom. The molecular formula is C20H36IN5O. The Morgan fingerprint density at radius 3 is 2.44 bits per heavy atom. The number of carbonyl (C=O) groups excluding carboxylic acids is 1. The lowest BCUT2D eigenvalue weighted by atomic mass is 10.1. The van der Waals surface area contributed by atoms with E-state index in [4.69, 9.17) is 0 Å². The molecule has 2 N–H and O–H groups in total. The fourth-order valence-corrected chi connectivity index (χ4v) is 2.55. The van der Waals surface area contributed by atoms with Crippen LogP contribution in [0, 0.1) is 0 Å². The van der Waals surface area contributed by atoms with Gasteiger partial charge in [0.1, 0.15) is 0 Å². The van der Waals surface area contributed by atoms with Crippen molar-refractivity contribution >= 4 is 35.8 Å². The number of nitrogens with one attached hydrogen (secondary N) is 2. The van der Waals surface area contributed by atoms with Crippen LogP contribution < -0.4 is 10.6 Å². The van der Waals surface area contributed by atoms with Crippen LogP contribution in [0.25, 0.3) is 0 Å². The topological polar surface area (TPSA) is 60.0 Å². The summed E-state index contributed by atoms with van der Waals surface area (Å²) in [5.74, 6) is 0.839. The third-order valence-corrected chi connectivity index (χ3v) is 4.61. The SMILES string of the molecule is CCC(C)N(C)CCNC(=NC)NCCc1cccc(C(=O)N(C)C)c1.I. The molecule has 6 nitrogen and oxygen atoms in total. The van der Waals surface area contributed by atoms with E-state index in [1.54, 1.807) is 26.0 Å². The Kier molecular flexibility index (Phi) is 13.1. The van der Waals surface area contributed by atoms with Gasteiger partial charge in [-0.3, -0.25) is 9.79 Å². The molecule has 1 aromatic carbocycles. The Bertz CT molecular complexity index is 591. The van der Waals surface area contributed by atoms with E-state index in [2.05, 4.69) is 41.4 Å². The molecule has 0 spiro atoms. The van der Waals surface area contributed by atoms with Crippen molar-refractivity contribution in [2.75, 3.05) is 47.8 Å². The second-order valence-electron chi connectivity index (χ2n) is 6.81. The van der Waals surface area contributed by atoms with E-state index >= 15 is 0 Å². The normalized spacial score (nSPS) is 12.3. The maximum atomic E-state index is 12.0. The molecule has 154 valence electrons. The summed E-state index contributed by atoms with van der Waals surface area (Å²) in [6.45, 7) is 7.04. The minimum Gasteiger partial charge on any atom is -0.356 e. The molecule has 0 aliphatic heterocycles. The molecule has 0 radical (unpaired) electrons. The smallest absolute Gasteiger partial charge is 0.253 e. The molecule has 1 atom stereocenters. The molecule has 1 aromatic rings. The number of halogens is 1. The van der Waals surface area contributed by atoms with Gasteiger partial charge in [-0.1, -0.05) is 19.1 Å². The van der Waals surface area contributed by atoms with Crippen LogP contribution in [0.15, 0.2) is 29.3 Å². The number of aliphatic imine (C=N–C) groups is 1. The van der Waals surface area contributed by atoms with Crippen LogP contribution in [0.3, 0.4) is 0 Å². The van der Waals surface area contributed by atoms with Crippen molar-refractivity contribution in [3.63, 3.8) is 0 Å². The molecule has 1 unspecified atom stereocenters. The molecule has 0 fully saturated rings. The summed E-state index contributed by atoms with van der Waals surface area (Å²) < 4.78 is 0. The van der Waals surface area contributed by atoms with Crippen LogP contribution in [0.2, 0.25) is 0 Å². The van der Waals surface area contributed by atoms with Crippen molar-refractivity contribution in [1.29, 1.82) is 0 Å². The zero-order chi connectivity index (χ0) is 19.5. The van der Waals surface area contributed by atoms with E-state index in [0.29, 0.717) is 6.04 Å². The number of hydrogen-bond acceptors (Lipinski definition) is 3. The van der Waals surface area contributed by atoms with Crippen LogP contribution >= 0.6 is 24.0 Å². The quantitative estimate of drug-likeness (QED) is 0.318. The van der Waals surface area contributed by atoms with Gasteiger partial charge < -0.3 is 20.4 Å². The number of likely N-dealkylation sites (N-methyl/N-ethyl adjacent to an activating group) is 1. The standard InChI is InChI=1S/C20H35N5O.HI/c1-7-16(2)25(6)14-13-23-20(21-3)22-12-11-17-9-8-10-18(15-17)19(26)24(4)5;/h8-10,15-16H,7,11-14H2,1-6H3,(H2,21,22,23);1H. The molecule has 0 aliphatic carbocycles. The minimum atomic E-state index is 0. The van der Waals surface area contributed by atoms with Crippen LogP contribution in [0.4, 0.5) is 0 Å². The number of carbonyl (C=O) groups is 1. The highest BCUT2D eigenvalue weighted by Gasteiger charge is 2.08. The summed E-state index contributed by atoms with van der Waals surface area (Å²) in [5.41, 5.74) is 1.86. The monoisotopic (exact) mass is 489 g/mol. The van der Waals surface area contributed by atoms with Crippen molar-refractivity contribution in [3.05, 3.63) is 35.4 Å². The third kappa shape index (κ3) is 9.41. The van der Waals surface area contributed by atoms with E-state index in [0.717, 1.165) is 49.6 Å². The second kappa shape index (κ2) is 13.8. The van der Waals surface area contributed by atoms with Gasteiger partial charge in [0.15, 0.2) is 5.96 Å². The number of benzene rings is 1. The van der Waals surface area contributed by atoms with Crippen molar-refractivity contribution in [2.24, 2.45) is 4.99 Å². The molecule has 0 aromatic heterocycles. The first-order chi connectivity index (χ1) is 12.4. The number of amides is 1. The van der Waals surface area contributed by atoms with Gasteiger partial charge in [-0.05, 0) is 44.5 Å². The molecule has 0 bridgehead atoms. The Labute approximate surface area is 181 Å². The van der Waals surface area contributed by atoms with Gasteiger partial charge in [0.2, 0.25) is 0 Å². The van der Waals surface area contributed by atoms with Crippen LogP contribution in [-0.2, 0) is 6.42 Å². The molecule has 0 saturated heterocycles. The lowest BCUT2D eigenvalue weighted by Gasteiger charge is -2.24. The summed E-state index contributed by atoms with van der Waals surface area (Å²) in [5, 5.41) is 6.68. The number of nitrogens with zero attached hydrogens (tertiary/aromatic N) is 3. The predicted molar refractivity (Wildman–Crippen MR) is 125 cm³/mol. The van der Waals surface area contributed by atoms with Gasteiger partial charge in [-0.15, -0.1) is 24.0 Å². The van der Waals surface area contributed by atoms with Gasteiger partial charge >= 0.3 is 0 Å². The first-order valence-electron chi connectivity index (χ1n) is 9.34. The van der Waals surface area contributed by atoms with E-state index in [1.807, 2.05) is 24.3 Å². The minimum absolute atomic E-state index is 0. The molecule has 1 amide bonds. The van der Waals surface area contributed by atoms with Gasteiger partial charge in [0, 0.05) is 52.4 Å². The first-order valence-corrected chi connectivity index (χ1v) is 9.34. The molecular weight excluding hydrogens is 453 g/mol.